The third-order valence-corrected chi connectivity index (χ3v) is 4.70. The quantitative estimate of drug-likeness (QED) is 0.321. The van der Waals surface area contributed by atoms with Gasteiger partial charge in [0.1, 0.15) is 5.52 Å². The van der Waals surface area contributed by atoms with Gasteiger partial charge in [-0.2, -0.15) is 4.98 Å². The predicted octanol–water partition coefficient (Wildman–Crippen LogP) is 5.17. The van der Waals surface area contributed by atoms with E-state index in [1.807, 2.05) is 12.1 Å². The number of hydrogen-bond donors (Lipinski definition) is 1. The van der Waals surface area contributed by atoms with E-state index in [0.29, 0.717) is 45.2 Å². The number of nitrogens with zero attached hydrogens (tertiary/aromatic N) is 2. The number of rotatable bonds is 7. The van der Waals surface area contributed by atoms with Gasteiger partial charge in [-0.3, -0.25) is 10.1 Å². The van der Waals surface area contributed by atoms with Crippen LogP contribution in [0.4, 0.5) is 17.4 Å². The molecule has 0 bridgehead atoms. The molecule has 0 amide bonds. The average Bonchev–Trinajstić information content (AvgIpc) is 3.20. The number of nitrogens with one attached hydrogen (secondary N) is 1. The molecule has 0 saturated heterocycles. The number of non-ortho nitro benzene ring substituents is 1. The maximum Gasteiger partial charge on any atom is 0.300 e. The first-order valence-electron chi connectivity index (χ1n) is 9.25. The number of ether oxygens (including phenoxy) is 3. The number of nitro groups is 1. The SMILES string of the molecule is COc1cc(Nc2nc3cccc(-c4cccc([N+](=O)[O-])c4)c3o2)cc(OC)c1OC. The topological polar surface area (TPSA) is 109 Å². The van der Waals surface area contributed by atoms with Crippen molar-refractivity contribution >= 4 is 28.5 Å². The molecule has 0 spiro atoms. The van der Waals surface area contributed by atoms with E-state index in [0.717, 1.165) is 0 Å². The van der Waals surface area contributed by atoms with E-state index in [1.54, 1.807) is 30.3 Å². The molecule has 1 heterocycles. The molecule has 1 N–H and O–H groups in total. The second kappa shape index (κ2) is 8.23. The van der Waals surface area contributed by atoms with Crippen LogP contribution >= 0.6 is 0 Å². The van der Waals surface area contributed by atoms with Gasteiger partial charge in [0, 0.05) is 35.5 Å². The van der Waals surface area contributed by atoms with Crippen LogP contribution in [-0.4, -0.2) is 31.2 Å². The molecule has 0 unspecified atom stereocenters. The van der Waals surface area contributed by atoms with Crippen LogP contribution in [0.5, 0.6) is 17.2 Å². The Morgan fingerprint density at radius 3 is 2.32 bits per heavy atom. The summed E-state index contributed by atoms with van der Waals surface area (Å²) in [7, 11) is 4.60. The molecule has 9 nitrogen and oxygen atoms in total. The van der Waals surface area contributed by atoms with E-state index in [-0.39, 0.29) is 11.7 Å². The first kappa shape index (κ1) is 20.0. The van der Waals surface area contributed by atoms with Crippen molar-refractivity contribution < 1.29 is 23.6 Å². The Bertz CT molecular complexity index is 1240. The highest BCUT2D eigenvalue weighted by Crippen LogP contribution is 2.41. The van der Waals surface area contributed by atoms with Crippen LogP contribution in [0.1, 0.15) is 0 Å². The second-order valence-corrected chi connectivity index (χ2v) is 6.52. The number of methoxy groups -OCH3 is 3. The molecule has 0 aliphatic rings. The van der Waals surface area contributed by atoms with Gasteiger partial charge in [0.15, 0.2) is 17.1 Å². The third-order valence-electron chi connectivity index (χ3n) is 4.70. The smallest absolute Gasteiger partial charge is 0.300 e. The summed E-state index contributed by atoms with van der Waals surface area (Å²) in [6, 6.07) is 15.6. The van der Waals surface area contributed by atoms with Crippen LogP contribution in [0.3, 0.4) is 0 Å². The van der Waals surface area contributed by atoms with Crippen molar-refractivity contribution in [3.8, 4) is 28.4 Å². The van der Waals surface area contributed by atoms with E-state index in [2.05, 4.69) is 10.3 Å². The Morgan fingerprint density at radius 2 is 1.68 bits per heavy atom. The van der Waals surface area contributed by atoms with Crippen LogP contribution in [-0.2, 0) is 0 Å². The van der Waals surface area contributed by atoms with Crippen LogP contribution in [0.15, 0.2) is 59.0 Å². The Labute approximate surface area is 177 Å². The van der Waals surface area contributed by atoms with Gasteiger partial charge in [-0.05, 0) is 11.6 Å². The fourth-order valence-corrected chi connectivity index (χ4v) is 3.29. The van der Waals surface area contributed by atoms with Crippen LogP contribution in [0, 0.1) is 10.1 Å². The standard InChI is InChI=1S/C22H19N3O6/c1-28-18-11-14(12-19(29-2)21(18)30-3)23-22-24-17-9-5-8-16(20(17)31-22)13-6-4-7-15(10-13)25(26)27/h4-12H,1-3H3,(H,23,24). The zero-order valence-electron chi connectivity index (χ0n) is 17.0. The minimum atomic E-state index is -0.429. The summed E-state index contributed by atoms with van der Waals surface area (Å²) >= 11 is 0. The van der Waals surface area contributed by atoms with E-state index >= 15 is 0 Å². The molecular weight excluding hydrogens is 402 g/mol. The molecular formula is C22H19N3O6. The Kier molecular flexibility index (Phi) is 5.31. The molecule has 1 aromatic heterocycles. The maximum absolute atomic E-state index is 11.1. The van der Waals surface area contributed by atoms with Crippen molar-refractivity contribution in [1.29, 1.82) is 0 Å². The minimum absolute atomic E-state index is 0.00443. The molecule has 31 heavy (non-hydrogen) atoms. The van der Waals surface area contributed by atoms with E-state index < -0.39 is 4.92 Å². The normalized spacial score (nSPS) is 10.7. The number of benzene rings is 3. The lowest BCUT2D eigenvalue weighted by molar-refractivity contribution is -0.384. The number of para-hydroxylation sites is 1. The summed E-state index contributed by atoms with van der Waals surface area (Å²) < 4.78 is 22.0. The number of aromatic nitrogens is 1. The molecule has 0 saturated carbocycles. The number of oxazole rings is 1. The van der Waals surface area contributed by atoms with Gasteiger partial charge >= 0.3 is 0 Å². The Morgan fingerprint density at radius 1 is 0.968 bits per heavy atom. The molecule has 158 valence electrons. The van der Waals surface area contributed by atoms with Crippen molar-refractivity contribution in [1.82, 2.24) is 4.98 Å². The Balaban J connectivity index is 1.74. The zero-order valence-corrected chi connectivity index (χ0v) is 17.0. The summed E-state index contributed by atoms with van der Waals surface area (Å²) in [5, 5.41) is 14.2. The zero-order chi connectivity index (χ0) is 22.0. The number of fused-ring (bicyclic) bond motifs is 1. The monoisotopic (exact) mass is 421 g/mol. The van der Waals surface area contributed by atoms with Crippen molar-refractivity contribution in [2.75, 3.05) is 26.6 Å². The molecule has 4 rings (SSSR count). The minimum Gasteiger partial charge on any atom is -0.493 e. The second-order valence-electron chi connectivity index (χ2n) is 6.52. The fourth-order valence-electron chi connectivity index (χ4n) is 3.29. The first-order chi connectivity index (χ1) is 15.0. The summed E-state index contributed by atoms with van der Waals surface area (Å²) in [5.74, 6) is 1.44. The van der Waals surface area contributed by atoms with Gasteiger partial charge in [-0.15, -0.1) is 0 Å². The highest BCUT2D eigenvalue weighted by molar-refractivity contribution is 5.91. The van der Waals surface area contributed by atoms with E-state index in [1.165, 1.54) is 33.5 Å². The predicted molar refractivity (Wildman–Crippen MR) is 115 cm³/mol. The molecule has 3 aromatic carbocycles. The molecule has 0 fully saturated rings. The average molecular weight is 421 g/mol. The molecule has 0 aliphatic heterocycles. The Hall–Kier alpha value is -4.27. The van der Waals surface area contributed by atoms with Gasteiger partial charge in [0.2, 0.25) is 5.75 Å². The van der Waals surface area contributed by atoms with Crippen LogP contribution in [0.2, 0.25) is 0 Å². The molecule has 9 heteroatoms. The number of nitro benzene ring substituents is 1. The van der Waals surface area contributed by atoms with Crippen molar-refractivity contribution in [3.05, 3.63) is 64.7 Å². The molecule has 4 aromatic rings. The van der Waals surface area contributed by atoms with Gasteiger partial charge in [-0.25, -0.2) is 0 Å². The summed E-state index contributed by atoms with van der Waals surface area (Å²) in [6.45, 7) is 0. The number of anilines is 2. The molecule has 0 aliphatic carbocycles. The molecule has 0 atom stereocenters. The number of hydrogen-bond acceptors (Lipinski definition) is 8. The summed E-state index contributed by atoms with van der Waals surface area (Å²) in [6.07, 6.45) is 0. The van der Waals surface area contributed by atoms with Crippen molar-refractivity contribution in [2.45, 2.75) is 0 Å². The summed E-state index contributed by atoms with van der Waals surface area (Å²) in [4.78, 5) is 15.2. The van der Waals surface area contributed by atoms with Gasteiger partial charge < -0.3 is 23.9 Å². The van der Waals surface area contributed by atoms with Crippen LogP contribution < -0.4 is 19.5 Å². The van der Waals surface area contributed by atoms with E-state index in [9.17, 15) is 10.1 Å². The largest absolute Gasteiger partial charge is 0.493 e. The fraction of sp³-hybridized carbons (Fsp3) is 0.136. The summed E-state index contributed by atoms with van der Waals surface area (Å²) in [5.41, 5.74) is 3.11. The van der Waals surface area contributed by atoms with Gasteiger partial charge in [0.05, 0.1) is 26.3 Å². The highest BCUT2D eigenvalue weighted by atomic mass is 16.6. The third kappa shape index (κ3) is 3.80. The van der Waals surface area contributed by atoms with Crippen LogP contribution in [0.25, 0.3) is 22.2 Å². The highest BCUT2D eigenvalue weighted by Gasteiger charge is 2.17. The maximum atomic E-state index is 11.1. The van der Waals surface area contributed by atoms with Gasteiger partial charge in [-0.1, -0.05) is 24.3 Å². The first-order valence-corrected chi connectivity index (χ1v) is 9.25. The molecule has 0 radical (unpaired) electrons. The van der Waals surface area contributed by atoms with Gasteiger partial charge in [0.25, 0.3) is 11.7 Å². The lowest BCUT2D eigenvalue weighted by atomic mass is 10.0. The van der Waals surface area contributed by atoms with Crippen molar-refractivity contribution in [2.24, 2.45) is 0 Å². The lowest BCUT2D eigenvalue weighted by Crippen LogP contribution is -1.97. The van der Waals surface area contributed by atoms with Crippen molar-refractivity contribution in [3.63, 3.8) is 0 Å². The lowest BCUT2D eigenvalue weighted by Gasteiger charge is -2.14. The van der Waals surface area contributed by atoms with E-state index in [4.69, 9.17) is 18.6 Å².